The van der Waals surface area contributed by atoms with E-state index in [9.17, 15) is 4.79 Å². The van der Waals surface area contributed by atoms with Crippen molar-refractivity contribution in [1.29, 1.82) is 0 Å². The minimum atomic E-state index is 0.198. The first-order valence-electron chi connectivity index (χ1n) is 7.29. The minimum absolute atomic E-state index is 0.198. The molecule has 1 aliphatic rings. The van der Waals surface area contributed by atoms with Gasteiger partial charge in [0, 0.05) is 12.5 Å². The molecule has 1 aromatic carbocycles. The van der Waals surface area contributed by atoms with Crippen LogP contribution in [0.4, 0.5) is 0 Å². The molecule has 1 saturated carbocycles. The van der Waals surface area contributed by atoms with Crippen LogP contribution < -0.4 is 5.32 Å². The maximum atomic E-state index is 12.0. The number of carbonyl (C=O) groups excluding carboxylic acids is 1. The van der Waals surface area contributed by atoms with Gasteiger partial charge in [0.15, 0.2) is 0 Å². The lowest BCUT2D eigenvalue weighted by Crippen LogP contribution is -2.33. The molecular weight excluding hydrogens is 234 g/mol. The van der Waals surface area contributed by atoms with Gasteiger partial charge in [-0.25, -0.2) is 0 Å². The quantitative estimate of drug-likeness (QED) is 0.879. The second kappa shape index (κ2) is 5.77. The van der Waals surface area contributed by atoms with Crippen molar-refractivity contribution in [2.75, 3.05) is 0 Å². The van der Waals surface area contributed by atoms with Crippen LogP contribution >= 0.6 is 0 Å². The summed E-state index contributed by atoms with van der Waals surface area (Å²) in [4.78, 5) is 12.0. The van der Waals surface area contributed by atoms with Crippen LogP contribution in [-0.4, -0.2) is 11.9 Å². The van der Waals surface area contributed by atoms with Gasteiger partial charge in [-0.3, -0.25) is 4.79 Å². The number of amides is 1. The summed E-state index contributed by atoms with van der Waals surface area (Å²) in [6.45, 7) is 6.65. The zero-order chi connectivity index (χ0) is 13.9. The first-order chi connectivity index (χ1) is 8.94. The van der Waals surface area contributed by atoms with Crippen LogP contribution in [0.3, 0.4) is 0 Å². The number of aryl methyl sites for hydroxylation is 2. The van der Waals surface area contributed by atoms with Crippen LogP contribution in [0.15, 0.2) is 24.3 Å². The van der Waals surface area contributed by atoms with Gasteiger partial charge < -0.3 is 5.32 Å². The molecule has 0 spiro atoms. The zero-order valence-electron chi connectivity index (χ0n) is 12.3. The Balaban J connectivity index is 1.76. The largest absolute Gasteiger partial charge is 0.353 e. The Kier molecular flexibility index (Phi) is 4.28. The van der Waals surface area contributed by atoms with E-state index in [2.05, 4.69) is 50.4 Å². The summed E-state index contributed by atoms with van der Waals surface area (Å²) in [5.41, 5.74) is 2.91. The van der Waals surface area contributed by atoms with E-state index in [4.69, 9.17) is 0 Å². The van der Waals surface area contributed by atoms with Crippen molar-refractivity contribution < 1.29 is 4.79 Å². The van der Waals surface area contributed by atoms with Gasteiger partial charge in [-0.05, 0) is 43.6 Å². The molecule has 19 heavy (non-hydrogen) atoms. The van der Waals surface area contributed by atoms with Gasteiger partial charge in [0.2, 0.25) is 5.91 Å². The van der Waals surface area contributed by atoms with Crippen LogP contribution in [0.25, 0.3) is 0 Å². The van der Waals surface area contributed by atoms with Gasteiger partial charge in [0.1, 0.15) is 0 Å². The van der Waals surface area contributed by atoms with Crippen LogP contribution in [0, 0.1) is 12.3 Å². The monoisotopic (exact) mass is 259 g/mol. The molecule has 0 heterocycles. The van der Waals surface area contributed by atoms with E-state index in [1.165, 1.54) is 17.5 Å². The van der Waals surface area contributed by atoms with Crippen molar-refractivity contribution in [1.82, 2.24) is 5.32 Å². The third-order valence-electron chi connectivity index (χ3n) is 4.06. The van der Waals surface area contributed by atoms with Crippen LogP contribution in [0.2, 0.25) is 0 Å². The molecule has 1 fully saturated rings. The summed E-state index contributed by atoms with van der Waals surface area (Å²) in [5.74, 6) is 0.198. The number of benzene rings is 1. The first-order valence-corrected chi connectivity index (χ1v) is 7.29. The minimum Gasteiger partial charge on any atom is -0.353 e. The molecule has 1 N–H and O–H groups in total. The Morgan fingerprint density at radius 1 is 1.42 bits per heavy atom. The molecule has 104 valence electrons. The topological polar surface area (TPSA) is 29.1 Å². The van der Waals surface area contributed by atoms with E-state index in [1.807, 2.05) is 0 Å². The molecule has 1 aliphatic carbocycles. The van der Waals surface area contributed by atoms with Crippen LogP contribution in [-0.2, 0) is 11.2 Å². The number of nitrogens with one attached hydrogen (secondary N) is 1. The number of rotatable bonds is 4. The molecule has 2 heteroatoms. The summed E-state index contributed by atoms with van der Waals surface area (Å²) < 4.78 is 0. The number of carbonyl (C=O) groups is 1. The standard InChI is InChI=1S/C17H25NO/c1-13-5-4-6-14(11-13)7-8-16(19)18-15-9-10-17(2,3)12-15/h4-6,11,15H,7-10,12H2,1-3H3,(H,18,19). The lowest BCUT2D eigenvalue weighted by Gasteiger charge is -2.17. The average Bonchev–Trinajstić information content (AvgIpc) is 2.66. The van der Waals surface area contributed by atoms with E-state index in [1.54, 1.807) is 0 Å². The average molecular weight is 259 g/mol. The van der Waals surface area contributed by atoms with Gasteiger partial charge in [0.05, 0.1) is 0 Å². The molecule has 0 aromatic heterocycles. The highest BCUT2D eigenvalue weighted by Gasteiger charge is 2.31. The normalized spacial score (nSPS) is 21.3. The predicted octanol–water partition coefficient (Wildman–Crippen LogP) is 3.62. The predicted molar refractivity (Wildman–Crippen MR) is 79.1 cm³/mol. The second-order valence-corrected chi connectivity index (χ2v) is 6.66. The highest BCUT2D eigenvalue weighted by atomic mass is 16.1. The Labute approximate surface area is 116 Å². The van der Waals surface area contributed by atoms with Crippen molar-refractivity contribution in [2.24, 2.45) is 5.41 Å². The lowest BCUT2D eigenvalue weighted by atomic mass is 9.92. The van der Waals surface area contributed by atoms with E-state index in [-0.39, 0.29) is 5.91 Å². The van der Waals surface area contributed by atoms with Gasteiger partial charge >= 0.3 is 0 Å². The molecule has 0 saturated heterocycles. The fourth-order valence-electron chi connectivity index (χ4n) is 2.98. The van der Waals surface area contributed by atoms with Crippen molar-refractivity contribution in [3.63, 3.8) is 0 Å². The maximum Gasteiger partial charge on any atom is 0.220 e. The highest BCUT2D eigenvalue weighted by Crippen LogP contribution is 2.36. The van der Waals surface area contributed by atoms with Gasteiger partial charge in [0.25, 0.3) is 0 Å². The second-order valence-electron chi connectivity index (χ2n) is 6.66. The summed E-state index contributed by atoms with van der Waals surface area (Å²) in [6.07, 6.45) is 4.90. The summed E-state index contributed by atoms with van der Waals surface area (Å²) in [6, 6.07) is 8.79. The van der Waals surface area contributed by atoms with E-state index >= 15 is 0 Å². The number of hydrogen-bond donors (Lipinski definition) is 1. The molecule has 1 aromatic rings. The molecule has 0 aliphatic heterocycles. The van der Waals surface area contributed by atoms with Gasteiger partial charge in [-0.15, -0.1) is 0 Å². The third kappa shape index (κ3) is 4.38. The lowest BCUT2D eigenvalue weighted by molar-refractivity contribution is -0.121. The molecule has 1 amide bonds. The Hall–Kier alpha value is -1.31. The Bertz CT molecular complexity index is 450. The van der Waals surface area contributed by atoms with Crippen molar-refractivity contribution in [3.05, 3.63) is 35.4 Å². The Morgan fingerprint density at radius 3 is 2.84 bits per heavy atom. The Morgan fingerprint density at radius 2 is 2.21 bits per heavy atom. The fourth-order valence-corrected chi connectivity index (χ4v) is 2.98. The van der Waals surface area contributed by atoms with Gasteiger partial charge in [-0.1, -0.05) is 43.7 Å². The van der Waals surface area contributed by atoms with Gasteiger partial charge in [-0.2, -0.15) is 0 Å². The highest BCUT2D eigenvalue weighted by molar-refractivity contribution is 5.76. The van der Waals surface area contributed by atoms with Crippen LogP contribution in [0.5, 0.6) is 0 Å². The maximum absolute atomic E-state index is 12.0. The molecule has 2 nitrogen and oxygen atoms in total. The zero-order valence-corrected chi connectivity index (χ0v) is 12.3. The molecule has 2 rings (SSSR count). The molecule has 1 unspecified atom stereocenters. The molecule has 1 atom stereocenters. The van der Waals surface area contributed by atoms with Crippen molar-refractivity contribution in [3.8, 4) is 0 Å². The summed E-state index contributed by atoms with van der Waals surface area (Å²) >= 11 is 0. The SMILES string of the molecule is Cc1cccc(CCC(=O)NC2CCC(C)(C)C2)c1. The van der Waals surface area contributed by atoms with E-state index in [0.29, 0.717) is 17.9 Å². The van der Waals surface area contributed by atoms with Crippen molar-refractivity contribution in [2.45, 2.75) is 58.9 Å². The fraction of sp³-hybridized carbons (Fsp3) is 0.588. The number of hydrogen-bond acceptors (Lipinski definition) is 1. The summed E-state index contributed by atoms with van der Waals surface area (Å²) in [5, 5.41) is 3.18. The molecule has 0 bridgehead atoms. The van der Waals surface area contributed by atoms with Crippen molar-refractivity contribution >= 4 is 5.91 Å². The first kappa shape index (κ1) is 14.1. The third-order valence-corrected chi connectivity index (χ3v) is 4.06. The molecular formula is C17H25NO. The molecule has 0 radical (unpaired) electrons. The van der Waals surface area contributed by atoms with E-state index < -0.39 is 0 Å². The van der Waals surface area contributed by atoms with E-state index in [0.717, 1.165) is 19.3 Å². The smallest absolute Gasteiger partial charge is 0.220 e. The van der Waals surface area contributed by atoms with Crippen LogP contribution in [0.1, 0.15) is 50.7 Å². The summed E-state index contributed by atoms with van der Waals surface area (Å²) in [7, 11) is 0.